The summed E-state index contributed by atoms with van der Waals surface area (Å²) < 4.78 is 46.5. The fraction of sp³-hybridized carbons (Fsp3) is 0.500. The maximum atomic E-state index is 14.6. The Labute approximate surface area is 194 Å². The van der Waals surface area contributed by atoms with Gasteiger partial charge in [0.1, 0.15) is 17.2 Å². The number of amides is 1. The highest BCUT2D eigenvalue weighted by atomic mass is 35.5. The highest BCUT2D eigenvalue weighted by Gasteiger charge is 2.44. The molecule has 1 amide bonds. The van der Waals surface area contributed by atoms with Gasteiger partial charge in [0.05, 0.1) is 30.4 Å². The number of anilines is 1. The van der Waals surface area contributed by atoms with Crippen molar-refractivity contribution in [2.45, 2.75) is 50.9 Å². The fourth-order valence-electron chi connectivity index (χ4n) is 4.47. The average Bonchev–Trinajstić information content (AvgIpc) is 3.23. The van der Waals surface area contributed by atoms with E-state index in [9.17, 15) is 18.0 Å². The molecule has 0 saturated carbocycles. The molecule has 0 radical (unpaired) electrons. The van der Waals surface area contributed by atoms with Gasteiger partial charge in [-0.1, -0.05) is 18.2 Å². The highest BCUT2D eigenvalue weighted by Crippen LogP contribution is 2.35. The number of alkyl halides is 2. The van der Waals surface area contributed by atoms with Crippen LogP contribution in [0.1, 0.15) is 54.6 Å². The van der Waals surface area contributed by atoms with Gasteiger partial charge in [0.15, 0.2) is 0 Å². The lowest BCUT2D eigenvalue weighted by atomic mass is 9.90. The van der Waals surface area contributed by atoms with Gasteiger partial charge in [-0.25, -0.2) is 23.1 Å². The number of benzene rings is 1. The number of fused-ring (bicyclic) bond motifs is 1. The monoisotopic (exact) mass is 483 g/mol. The number of piperidine rings is 1. The molecule has 1 aromatic carbocycles. The SMILES string of the molecule is COC1(C(=O)N2Cc3nc(Cl)nc(N[C@H](C)c4cccc(C(F)F)c4F)c3C2)CCNCC1. The summed E-state index contributed by atoms with van der Waals surface area (Å²) in [4.78, 5) is 23.5. The van der Waals surface area contributed by atoms with Crippen molar-refractivity contribution < 1.29 is 22.7 Å². The summed E-state index contributed by atoms with van der Waals surface area (Å²) in [6, 6.07) is 3.21. The molecular weight excluding hydrogens is 459 g/mol. The van der Waals surface area contributed by atoms with Gasteiger partial charge in [0, 0.05) is 18.2 Å². The molecule has 1 saturated heterocycles. The Morgan fingerprint density at radius 3 is 2.61 bits per heavy atom. The van der Waals surface area contributed by atoms with E-state index in [1.54, 1.807) is 18.9 Å². The molecule has 11 heteroatoms. The van der Waals surface area contributed by atoms with Crippen LogP contribution >= 0.6 is 11.6 Å². The van der Waals surface area contributed by atoms with Crippen molar-refractivity contribution in [2.24, 2.45) is 0 Å². The largest absolute Gasteiger partial charge is 0.368 e. The van der Waals surface area contributed by atoms with Crippen LogP contribution in [0.25, 0.3) is 0 Å². The minimum absolute atomic E-state index is 0.0251. The standard InChI is InChI=1S/C22H25ClF3N5O2/c1-12(13-4-3-5-14(17(13)24)18(25)26)28-19-15-10-31(11-16(15)29-21(23)30-19)20(32)22(33-2)6-8-27-9-7-22/h3-5,12,18,27H,6-11H2,1-2H3,(H,28,29,30)/t12-/m1/s1. The van der Waals surface area contributed by atoms with Gasteiger partial charge in [0.2, 0.25) is 5.28 Å². The molecule has 33 heavy (non-hydrogen) atoms. The van der Waals surface area contributed by atoms with Gasteiger partial charge >= 0.3 is 0 Å². The third-order valence-electron chi connectivity index (χ3n) is 6.35. The summed E-state index contributed by atoms with van der Waals surface area (Å²) in [6.07, 6.45) is -1.80. The molecule has 1 fully saturated rings. The first-order chi connectivity index (χ1) is 15.8. The Morgan fingerprint density at radius 1 is 1.24 bits per heavy atom. The van der Waals surface area contributed by atoms with Crippen LogP contribution in [-0.4, -0.2) is 46.6 Å². The lowest BCUT2D eigenvalue weighted by molar-refractivity contribution is -0.159. The molecule has 0 aliphatic carbocycles. The molecule has 0 bridgehead atoms. The summed E-state index contributed by atoms with van der Waals surface area (Å²) >= 11 is 6.11. The lowest BCUT2D eigenvalue weighted by Crippen LogP contribution is -2.54. The number of carbonyl (C=O) groups is 1. The van der Waals surface area contributed by atoms with Crippen LogP contribution in [0.2, 0.25) is 5.28 Å². The molecule has 2 N–H and O–H groups in total. The molecule has 0 spiro atoms. The summed E-state index contributed by atoms with van der Waals surface area (Å²) in [6.45, 7) is 3.48. The third kappa shape index (κ3) is 4.51. The first kappa shape index (κ1) is 23.7. The highest BCUT2D eigenvalue weighted by molar-refractivity contribution is 6.28. The van der Waals surface area contributed by atoms with E-state index in [-0.39, 0.29) is 29.8 Å². The van der Waals surface area contributed by atoms with Crippen molar-refractivity contribution in [1.82, 2.24) is 20.2 Å². The van der Waals surface area contributed by atoms with Gasteiger partial charge in [-0.05, 0) is 44.5 Å². The van der Waals surface area contributed by atoms with E-state index in [0.29, 0.717) is 43.0 Å². The van der Waals surface area contributed by atoms with E-state index in [1.165, 1.54) is 12.1 Å². The normalized spacial score (nSPS) is 18.3. The number of ether oxygens (including phenoxy) is 1. The number of aromatic nitrogens is 2. The van der Waals surface area contributed by atoms with E-state index in [0.717, 1.165) is 6.07 Å². The number of hydrogen-bond donors (Lipinski definition) is 2. The number of halogens is 4. The van der Waals surface area contributed by atoms with Crippen molar-refractivity contribution in [3.8, 4) is 0 Å². The zero-order chi connectivity index (χ0) is 23.8. The Morgan fingerprint density at radius 2 is 1.94 bits per heavy atom. The third-order valence-corrected chi connectivity index (χ3v) is 6.52. The summed E-state index contributed by atoms with van der Waals surface area (Å²) in [5.41, 5.74) is -0.235. The zero-order valence-electron chi connectivity index (χ0n) is 18.3. The average molecular weight is 484 g/mol. The molecule has 2 aliphatic rings. The van der Waals surface area contributed by atoms with Crippen molar-refractivity contribution >= 4 is 23.3 Å². The van der Waals surface area contributed by atoms with E-state index >= 15 is 0 Å². The van der Waals surface area contributed by atoms with Crippen LogP contribution in [0.4, 0.5) is 19.0 Å². The molecule has 3 heterocycles. The lowest BCUT2D eigenvalue weighted by Gasteiger charge is -2.37. The van der Waals surface area contributed by atoms with Gasteiger partial charge in [-0.15, -0.1) is 0 Å². The van der Waals surface area contributed by atoms with E-state index in [4.69, 9.17) is 16.3 Å². The Bertz CT molecular complexity index is 1050. The van der Waals surface area contributed by atoms with Gasteiger partial charge in [0.25, 0.3) is 12.3 Å². The van der Waals surface area contributed by atoms with Crippen LogP contribution in [0, 0.1) is 5.82 Å². The second-order valence-corrected chi connectivity index (χ2v) is 8.63. The van der Waals surface area contributed by atoms with Crippen LogP contribution < -0.4 is 10.6 Å². The molecule has 2 aromatic rings. The van der Waals surface area contributed by atoms with Crippen molar-refractivity contribution in [3.05, 3.63) is 51.7 Å². The number of hydrogen-bond acceptors (Lipinski definition) is 6. The topological polar surface area (TPSA) is 79.4 Å². The predicted octanol–water partition coefficient (Wildman–Crippen LogP) is 3.99. The molecule has 1 atom stereocenters. The van der Waals surface area contributed by atoms with E-state index in [2.05, 4.69) is 20.6 Å². The number of nitrogens with zero attached hydrogens (tertiary/aromatic N) is 3. The first-order valence-corrected chi connectivity index (χ1v) is 11.1. The first-order valence-electron chi connectivity index (χ1n) is 10.7. The van der Waals surface area contributed by atoms with Gasteiger partial charge in [-0.3, -0.25) is 4.79 Å². The van der Waals surface area contributed by atoms with Crippen molar-refractivity contribution in [2.75, 3.05) is 25.5 Å². The smallest absolute Gasteiger partial charge is 0.266 e. The molecule has 2 aliphatic heterocycles. The van der Waals surface area contributed by atoms with Crippen LogP contribution in [0.15, 0.2) is 18.2 Å². The number of nitrogens with one attached hydrogen (secondary N) is 2. The molecule has 0 unspecified atom stereocenters. The number of methoxy groups -OCH3 is 1. The quantitative estimate of drug-likeness (QED) is 0.605. The molecule has 4 rings (SSSR count). The summed E-state index contributed by atoms with van der Waals surface area (Å²) in [5.74, 6) is -0.754. The number of rotatable bonds is 6. The molecule has 178 valence electrons. The molecule has 1 aromatic heterocycles. The predicted molar refractivity (Wildman–Crippen MR) is 117 cm³/mol. The van der Waals surface area contributed by atoms with Crippen LogP contribution in [-0.2, 0) is 22.6 Å². The van der Waals surface area contributed by atoms with E-state index < -0.39 is 29.4 Å². The number of carbonyl (C=O) groups excluding carboxylic acids is 1. The Kier molecular flexibility index (Phi) is 6.78. The maximum Gasteiger partial charge on any atom is 0.266 e. The zero-order valence-corrected chi connectivity index (χ0v) is 19.1. The van der Waals surface area contributed by atoms with Crippen LogP contribution in [0.3, 0.4) is 0 Å². The Balaban J connectivity index is 1.58. The van der Waals surface area contributed by atoms with Crippen molar-refractivity contribution in [3.63, 3.8) is 0 Å². The molecule has 7 nitrogen and oxygen atoms in total. The van der Waals surface area contributed by atoms with Gasteiger partial charge in [-0.2, -0.15) is 0 Å². The minimum atomic E-state index is -2.92. The van der Waals surface area contributed by atoms with Gasteiger partial charge < -0.3 is 20.3 Å². The second-order valence-electron chi connectivity index (χ2n) is 8.29. The summed E-state index contributed by atoms with van der Waals surface area (Å²) in [5, 5.41) is 6.27. The Hall–Kier alpha value is -2.43. The second kappa shape index (κ2) is 9.44. The fourth-order valence-corrected chi connectivity index (χ4v) is 4.65. The maximum absolute atomic E-state index is 14.6. The van der Waals surface area contributed by atoms with Crippen molar-refractivity contribution in [1.29, 1.82) is 0 Å². The molecular formula is C22H25ClF3N5O2. The van der Waals surface area contributed by atoms with Crippen LogP contribution in [0.5, 0.6) is 0 Å². The summed E-state index contributed by atoms with van der Waals surface area (Å²) in [7, 11) is 1.54. The minimum Gasteiger partial charge on any atom is -0.368 e. The van der Waals surface area contributed by atoms with E-state index in [1.807, 2.05) is 0 Å².